The number of benzene rings is 1. The largest absolute Gasteiger partial charge is 0.391 e. The van der Waals surface area contributed by atoms with Gasteiger partial charge in [-0.25, -0.2) is 9.97 Å². The highest BCUT2D eigenvalue weighted by Crippen LogP contribution is 2.29. The van der Waals surface area contributed by atoms with Crippen molar-refractivity contribution in [1.82, 2.24) is 14.9 Å². The number of morpholine rings is 1. The number of aryl methyl sites for hydroxylation is 1. The number of ether oxygens (including phenoxy) is 1. The van der Waals surface area contributed by atoms with Gasteiger partial charge in [-0.2, -0.15) is 0 Å². The van der Waals surface area contributed by atoms with E-state index >= 15 is 0 Å². The zero-order valence-electron chi connectivity index (χ0n) is 17.8. The third-order valence-electron chi connectivity index (χ3n) is 5.83. The number of rotatable bonds is 5. The Morgan fingerprint density at radius 1 is 1.23 bits per heavy atom. The Balaban J connectivity index is 1.71. The van der Waals surface area contributed by atoms with Gasteiger partial charge in [0.1, 0.15) is 0 Å². The number of aliphatic hydroxyl groups is 1. The Hall–Kier alpha value is -2.51. The number of aliphatic hydroxyl groups excluding tert-OH is 1. The molecule has 0 bridgehead atoms. The summed E-state index contributed by atoms with van der Waals surface area (Å²) in [5.41, 5.74) is 4.60. The fourth-order valence-corrected chi connectivity index (χ4v) is 4.18. The number of hydrogen-bond donors (Lipinski definition) is 1. The molecule has 7 heteroatoms. The topological polar surface area (TPSA) is 78.8 Å². The van der Waals surface area contributed by atoms with E-state index < -0.39 is 6.10 Å². The van der Waals surface area contributed by atoms with Gasteiger partial charge in [-0.15, -0.1) is 0 Å². The molecule has 1 atom stereocenters. The van der Waals surface area contributed by atoms with Crippen LogP contribution in [-0.4, -0.2) is 71.4 Å². The zero-order valence-corrected chi connectivity index (χ0v) is 17.8. The summed E-state index contributed by atoms with van der Waals surface area (Å²) in [6.45, 7) is 8.11. The molecule has 30 heavy (non-hydrogen) atoms. The first-order valence-electron chi connectivity index (χ1n) is 10.8. The second kappa shape index (κ2) is 9.10. The van der Waals surface area contributed by atoms with Crippen LogP contribution in [0.5, 0.6) is 0 Å². The Morgan fingerprint density at radius 3 is 2.73 bits per heavy atom. The van der Waals surface area contributed by atoms with Gasteiger partial charge in [0, 0.05) is 43.0 Å². The van der Waals surface area contributed by atoms with E-state index in [4.69, 9.17) is 14.7 Å². The number of anilines is 1. The molecule has 2 aliphatic heterocycles. The second-order valence-corrected chi connectivity index (χ2v) is 8.06. The van der Waals surface area contributed by atoms with Crippen molar-refractivity contribution in [2.45, 2.75) is 39.2 Å². The predicted molar refractivity (Wildman–Crippen MR) is 116 cm³/mol. The lowest BCUT2D eigenvalue weighted by Gasteiger charge is -2.28. The molecular weight excluding hydrogens is 380 g/mol. The van der Waals surface area contributed by atoms with Gasteiger partial charge in [-0.05, 0) is 37.5 Å². The van der Waals surface area contributed by atoms with Gasteiger partial charge in [-0.3, -0.25) is 4.79 Å². The first-order valence-corrected chi connectivity index (χ1v) is 10.8. The van der Waals surface area contributed by atoms with Crippen LogP contribution >= 0.6 is 0 Å². The molecule has 1 aromatic carbocycles. The highest BCUT2D eigenvalue weighted by molar-refractivity contribution is 5.95. The number of carbonyl (C=O) groups excluding carboxylic acids is 1. The summed E-state index contributed by atoms with van der Waals surface area (Å²) in [5.74, 6) is 0.690. The SMILES string of the molecule is CCCc1c(C)nc(N2CCOCC2)nc1-c1cccc(C(=O)N2CCC(O)C2)c1. The summed E-state index contributed by atoms with van der Waals surface area (Å²) >= 11 is 0. The van der Waals surface area contributed by atoms with Crippen molar-refractivity contribution in [3.05, 3.63) is 41.1 Å². The fraction of sp³-hybridized carbons (Fsp3) is 0.522. The van der Waals surface area contributed by atoms with Crippen LogP contribution in [0.25, 0.3) is 11.3 Å². The van der Waals surface area contributed by atoms with Gasteiger partial charge in [0.05, 0.1) is 25.0 Å². The average Bonchev–Trinajstić information content (AvgIpc) is 3.21. The van der Waals surface area contributed by atoms with Gasteiger partial charge < -0.3 is 19.6 Å². The first kappa shape index (κ1) is 20.8. The van der Waals surface area contributed by atoms with Crippen LogP contribution in [0.1, 0.15) is 41.4 Å². The summed E-state index contributed by atoms with van der Waals surface area (Å²) < 4.78 is 5.47. The van der Waals surface area contributed by atoms with Crippen molar-refractivity contribution in [3.8, 4) is 11.3 Å². The minimum absolute atomic E-state index is 0.0374. The molecule has 1 amide bonds. The molecule has 0 saturated carbocycles. The third kappa shape index (κ3) is 4.32. The molecular formula is C23H30N4O3. The minimum Gasteiger partial charge on any atom is -0.391 e. The van der Waals surface area contributed by atoms with Crippen molar-refractivity contribution in [2.75, 3.05) is 44.3 Å². The number of amides is 1. The lowest BCUT2D eigenvalue weighted by molar-refractivity contribution is 0.0765. The van der Waals surface area contributed by atoms with Gasteiger partial charge in [0.15, 0.2) is 0 Å². The number of hydrogen-bond acceptors (Lipinski definition) is 6. The standard InChI is InChI=1S/C23H30N4O3/c1-3-5-20-16(2)24-23(26-10-12-30-13-11-26)25-21(20)17-6-4-7-18(14-17)22(29)27-9-8-19(28)15-27/h4,6-7,14,19,28H,3,5,8-13,15H2,1-2H3. The molecule has 2 saturated heterocycles. The van der Waals surface area contributed by atoms with Crippen LogP contribution in [-0.2, 0) is 11.2 Å². The average molecular weight is 411 g/mol. The number of aromatic nitrogens is 2. The lowest BCUT2D eigenvalue weighted by atomic mass is 9.99. The molecule has 1 aromatic heterocycles. The van der Waals surface area contributed by atoms with Crippen LogP contribution in [0, 0.1) is 6.92 Å². The molecule has 2 fully saturated rings. The molecule has 0 spiro atoms. The molecule has 1 unspecified atom stereocenters. The van der Waals surface area contributed by atoms with Crippen molar-refractivity contribution < 1.29 is 14.6 Å². The molecule has 0 aliphatic carbocycles. The zero-order chi connectivity index (χ0) is 21.1. The molecule has 3 heterocycles. The van der Waals surface area contributed by atoms with Crippen molar-refractivity contribution in [3.63, 3.8) is 0 Å². The van der Waals surface area contributed by atoms with Crippen molar-refractivity contribution >= 4 is 11.9 Å². The second-order valence-electron chi connectivity index (χ2n) is 8.06. The first-order chi connectivity index (χ1) is 14.6. The van der Waals surface area contributed by atoms with Crippen LogP contribution in [0.3, 0.4) is 0 Å². The normalized spacial score (nSPS) is 19.4. The summed E-state index contributed by atoms with van der Waals surface area (Å²) in [6.07, 6.45) is 2.10. The maximum absolute atomic E-state index is 12.9. The lowest BCUT2D eigenvalue weighted by Crippen LogP contribution is -2.37. The number of carbonyl (C=O) groups is 1. The van der Waals surface area contributed by atoms with E-state index in [0.29, 0.717) is 38.3 Å². The minimum atomic E-state index is -0.422. The van der Waals surface area contributed by atoms with Gasteiger partial charge in [0.25, 0.3) is 5.91 Å². The Labute approximate surface area is 177 Å². The monoisotopic (exact) mass is 410 g/mol. The Morgan fingerprint density at radius 2 is 2.03 bits per heavy atom. The summed E-state index contributed by atoms with van der Waals surface area (Å²) in [5, 5.41) is 9.78. The molecule has 4 rings (SSSR count). The molecule has 2 aromatic rings. The van der Waals surface area contributed by atoms with Crippen LogP contribution < -0.4 is 4.90 Å². The van der Waals surface area contributed by atoms with E-state index in [1.165, 1.54) is 0 Å². The van der Waals surface area contributed by atoms with Crippen molar-refractivity contribution in [1.29, 1.82) is 0 Å². The highest BCUT2D eigenvalue weighted by atomic mass is 16.5. The van der Waals surface area contributed by atoms with E-state index in [1.807, 2.05) is 31.2 Å². The highest BCUT2D eigenvalue weighted by Gasteiger charge is 2.26. The number of nitrogens with zero attached hydrogens (tertiary/aromatic N) is 4. The van der Waals surface area contributed by atoms with Gasteiger partial charge in [0.2, 0.25) is 5.95 Å². The Kier molecular flexibility index (Phi) is 6.29. The maximum atomic E-state index is 12.9. The van der Waals surface area contributed by atoms with E-state index in [9.17, 15) is 9.90 Å². The van der Waals surface area contributed by atoms with Crippen LogP contribution in [0.4, 0.5) is 5.95 Å². The predicted octanol–water partition coefficient (Wildman–Crippen LogP) is 2.45. The van der Waals surface area contributed by atoms with Crippen molar-refractivity contribution in [2.24, 2.45) is 0 Å². The van der Waals surface area contributed by atoms with E-state index in [0.717, 1.165) is 54.4 Å². The van der Waals surface area contributed by atoms with Gasteiger partial charge >= 0.3 is 0 Å². The Bertz CT molecular complexity index is 911. The maximum Gasteiger partial charge on any atom is 0.253 e. The summed E-state index contributed by atoms with van der Waals surface area (Å²) in [4.78, 5) is 26.6. The van der Waals surface area contributed by atoms with Gasteiger partial charge in [-0.1, -0.05) is 25.5 Å². The smallest absolute Gasteiger partial charge is 0.253 e. The molecule has 1 N–H and O–H groups in total. The molecule has 0 radical (unpaired) electrons. The molecule has 160 valence electrons. The third-order valence-corrected chi connectivity index (χ3v) is 5.83. The van der Waals surface area contributed by atoms with Crippen LogP contribution in [0.15, 0.2) is 24.3 Å². The number of likely N-dealkylation sites (tertiary alicyclic amines) is 1. The van der Waals surface area contributed by atoms with Crippen LogP contribution in [0.2, 0.25) is 0 Å². The number of β-amino-alcohol motifs (C(OH)–C–C–N with tert-alkyl or cyclic N) is 1. The summed E-state index contributed by atoms with van der Waals surface area (Å²) in [7, 11) is 0. The quantitative estimate of drug-likeness (QED) is 0.816. The fourth-order valence-electron chi connectivity index (χ4n) is 4.18. The van der Waals surface area contributed by atoms with E-state index in [2.05, 4.69) is 11.8 Å². The van der Waals surface area contributed by atoms with E-state index in [-0.39, 0.29) is 5.91 Å². The molecule has 2 aliphatic rings. The van der Waals surface area contributed by atoms with E-state index in [1.54, 1.807) is 4.90 Å². The molecule has 7 nitrogen and oxygen atoms in total. The summed E-state index contributed by atoms with van der Waals surface area (Å²) in [6, 6.07) is 7.69.